The van der Waals surface area contributed by atoms with Gasteiger partial charge < -0.3 is 10.6 Å². The first-order valence-corrected chi connectivity index (χ1v) is 10.4. The molecule has 0 fully saturated rings. The SMILES string of the molecule is O=C(Cc1ccc([N+](=O)[O-])cc1)NCCn1ncc2c(NCc3cccs3)ncnc21. The zero-order valence-corrected chi connectivity index (χ0v) is 17.2. The zero-order valence-electron chi connectivity index (χ0n) is 16.4. The first kappa shape index (κ1) is 20.4. The summed E-state index contributed by atoms with van der Waals surface area (Å²) >= 11 is 1.67. The molecule has 0 spiro atoms. The van der Waals surface area contributed by atoms with E-state index in [2.05, 4.69) is 31.8 Å². The van der Waals surface area contributed by atoms with Gasteiger partial charge in [-0.05, 0) is 17.0 Å². The molecule has 31 heavy (non-hydrogen) atoms. The summed E-state index contributed by atoms with van der Waals surface area (Å²) in [5.74, 6) is 0.546. The second kappa shape index (κ2) is 9.30. The minimum atomic E-state index is -0.467. The Morgan fingerprint density at radius 2 is 2.03 bits per heavy atom. The lowest BCUT2D eigenvalue weighted by Gasteiger charge is -2.07. The van der Waals surface area contributed by atoms with Crippen molar-refractivity contribution in [2.45, 2.75) is 19.5 Å². The molecule has 1 amide bonds. The average molecular weight is 437 g/mol. The number of non-ortho nitro benzene ring substituents is 1. The van der Waals surface area contributed by atoms with Gasteiger partial charge in [0, 0.05) is 23.6 Å². The molecule has 4 rings (SSSR count). The number of thiophene rings is 1. The highest BCUT2D eigenvalue weighted by Gasteiger charge is 2.11. The van der Waals surface area contributed by atoms with Crippen molar-refractivity contribution in [3.05, 3.63) is 74.9 Å². The van der Waals surface area contributed by atoms with Gasteiger partial charge in [0.25, 0.3) is 5.69 Å². The lowest BCUT2D eigenvalue weighted by atomic mass is 10.1. The Bertz CT molecular complexity index is 1190. The fourth-order valence-electron chi connectivity index (χ4n) is 3.07. The van der Waals surface area contributed by atoms with Gasteiger partial charge in [-0.25, -0.2) is 14.6 Å². The number of carbonyl (C=O) groups is 1. The van der Waals surface area contributed by atoms with E-state index < -0.39 is 4.92 Å². The summed E-state index contributed by atoms with van der Waals surface area (Å²) in [5, 5.41) is 24.1. The minimum absolute atomic E-state index is 0.000885. The fraction of sp³-hybridized carbons (Fsp3) is 0.200. The predicted octanol–water partition coefficient (Wildman–Crippen LogP) is 2.77. The van der Waals surface area contributed by atoms with Crippen LogP contribution in [-0.2, 0) is 24.3 Å². The first-order chi connectivity index (χ1) is 15.1. The summed E-state index contributed by atoms with van der Waals surface area (Å²) in [6, 6.07) is 10.0. The molecule has 3 heterocycles. The summed E-state index contributed by atoms with van der Waals surface area (Å²) < 4.78 is 1.72. The van der Waals surface area contributed by atoms with Crippen LogP contribution < -0.4 is 10.6 Å². The van der Waals surface area contributed by atoms with Gasteiger partial charge in [-0.15, -0.1) is 11.3 Å². The van der Waals surface area contributed by atoms with E-state index in [9.17, 15) is 14.9 Å². The maximum absolute atomic E-state index is 12.2. The summed E-state index contributed by atoms with van der Waals surface area (Å²) in [4.78, 5) is 32.2. The summed E-state index contributed by atoms with van der Waals surface area (Å²) in [5.41, 5.74) is 1.40. The number of hydrogen-bond donors (Lipinski definition) is 2. The van der Waals surface area contributed by atoms with Crippen LogP contribution in [0.15, 0.2) is 54.3 Å². The Hall–Kier alpha value is -3.86. The zero-order chi connectivity index (χ0) is 21.6. The number of amides is 1. The molecule has 0 unspecified atom stereocenters. The number of anilines is 1. The molecule has 3 aromatic heterocycles. The van der Waals surface area contributed by atoms with Crippen molar-refractivity contribution < 1.29 is 9.72 Å². The van der Waals surface area contributed by atoms with Crippen molar-refractivity contribution >= 4 is 39.8 Å². The van der Waals surface area contributed by atoms with Crippen molar-refractivity contribution in [2.75, 3.05) is 11.9 Å². The molecule has 0 saturated heterocycles. The van der Waals surface area contributed by atoms with E-state index in [1.165, 1.54) is 23.3 Å². The second-order valence-corrected chi connectivity index (χ2v) is 7.74. The topological polar surface area (TPSA) is 128 Å². The van der Waals surface area contributed by atoms with Crippen LogP contribution in [0.1, 0.15) is 10.4 Å². The lowest BCUT2D eigenvalue weighted by Crippen LogP contribution is -2.28. The number of fused-ring (bicyclic) bond motifs is 1. The van der Waals surface area contributed by atoms with Crippen LogP contribution in [-0.4, -0.2) is 37.1 Å². The Kier molecular flexibility index (Phi) is 6.13. The third kappa shape index (κ3) is 5.01. The molecule has 2 N–H and O–H groups in total. The van der Waals surface area contributed by atoms with Crippen LogP contribution in [0.4, 0.5) is 11.5 Å². The second-order valence-electron chi connectivity index (χ2n) is 6.71. The predicted molar refractivity (Wildman–Crippen MR) is 117 cm³/mol. The van der Waals surface area contributed by atoms with E-state index in [1.807, 2.05) is 11.4 Å². The largest absolute Gasteiger partial charge is 0.364 e. The van der Waals surface area contributed by atoms with E-state index in [4.69, 9.17) is 0 Å². The number of benzene rings is 1. The van der Waals surface area contributed by atoms with Crippen LogP contribution >= 0.6 is 11.3 Å². The van der Waals surface area contributed by atoms with Gasteiger partial charge in [-0.2, -0.15) is 5.10 Å². The molecular formula is C20H19N7O3S. The van der Waals surface area contributed by atoms with Gasteiger partial charge in [0.15, 0.2) is 5.65 Å². The van der Waals surface area contributed by atoms with Crippen molar-refractivity contribution in [2.24, 2.45) is 0 Å². The van der Waals surface area contributed by atoms with Crippen molar-refractivity contribution in [1.82, 2.24) is 25.1 Å². The molecule has 4 aromatic rings. The van der Waals surface area contributed by atoms with Gasteiger partial charge in [0.2, 0.25) is 5.91 Å². The molecule has 0 aliphatic rings. The molecule has 158 valence electrons. The van der Waals surface area contributed by atoms with Crippen LogP contribution in [0, 0.1) is 10.1 Å². The number of nitrogens with one attached hydrogen (secondary N) is 2. The Labute approximate surface area is 181 Å². The number of rotatable bonds is 9. The number of nitro groups is 1. The van der Waals surface area contributed by atoms with Crippen LogP contribution in [0.3, 0.4) is 0 Å². The summed E-state index contributed by atoms with van der Waals surface area (Å²) in [7, 11) is 0. The third-order valence-electron chi connectivity index (χ3n) is 4.60. The Morgan fingerprint density at radius 3 is 2.77 bits per heavy atom. The number of carbonyl (C=O) groups excluding carboxylic acids is 1. The summed E-state index contributed by atoms with van der Waals surface area (Å²) in [6.45, 7) is 1.51. The molecule has 0 aliphatic heterocycles. The number of nitrogens with zero attached hydrogens (tertiary/aromatic N) is 5. The standard InChI is InChI=1S/C20H19N7O3S/c28-18(10-14-3-5-15(6-4-14)27(29)30)21-7-8-26-20-17(12-25-26)19(23-13-24-20)22-11-16-2-1-9-31-16/h1-6,9,12-13H,7-8,10-11H2,(H,21,28)(H,22,23,24). The fourth-order valence-corrected chi connectivity index (χ4v) is 3.71. The molecule has 10 nitrogen and oxygen atoms in total. The van der Waals surface area contributed by atoms with E-state index in [0.29, 0.717) is 36.7 Å². The molecule has 0 radical (unpaired) electrons. The van der Waals surface area contributed by atoms with Gasteiger partial charge >= 0.3 is 0 Å². The van der Waals surface area contributed by atoms with Crippen molar-refractivity contribution in [1.29, 1.82) is 0 Å². The molecule has 0 bridgehead atoms. The van der Waals surface area contributed by atoms with E-state index in [1.54, 1.807) is 34.3 Å². The maximum atomic E-state index is 12.2. The smallest absolute Gasteiger partial charge is 0.269 e. The van der Waals surface area contributed by atoms with E-state index >= 15 is 0 Å². The van der Waals surface area contributed by atoms with E-state index in [0.717, 1.165) is 5.39 Å². The molecule has 0 aliphatic carbocycles. The molecular weight excluding hydrogens is 418 g/mol. The lowest BCUT2D eigenvalue weighted by molar-refractivity contribution is -0.384. The quantitative estimate of drug-likeness (QED) is 0.304. The molecule has 1 aromatic carbocycles. The van der Waals surface area contributed by atoms with Crippen molar-refractivity contribution in [3.63, 3.8) is 0 Å². The number of aromatic nitrogens is 4. The highest BCUT2D eigenvalue weighted by molar-refractivity contribution is 7.09. The van der Waals surface area contributed by atoms with Gasteiger partial charge in [-0.1, -0.05) is 18.2 Å². The number of hydrogen-bond acceptors (Lipinski definition) is 8. The van der Waals surface area contributed by atoms with Crippen LogP contribution in [0.5, 0.6) is 0 Å². The highest BCUT2D eigenvalue weighted by atomic mass is 32.1. The maximum Gasteiger partial charge on any atom is 0.269 e. The molecule has 0 saturated carbocycles. The monoisotopic (exact) mass is 437 g/mol. The van der Waals surface area contributed by atoms with Crippen LogP contribution in [0.25, 0.3) is 11.0 Å². The Balaban J connectivity index is 1.32. The van der Waals surface area contributed by atoms with E-state index in [-0.39, 0.29) is 18.0 Å². The van der Waals surface area contributed by atoms with Crippen molar-refractivity contribution in [3.8, 4) is 0 Å². The Morgan fingerprint density at radius 1 is 1.19 bits per heavy atom. The summed E-state index contributed by atoms with van der Waals surface area (Å²) in [6.07, 6.45) is 3.35. The van der Waals surface area contributed by atoms with Gasteiger partial charge in [0.1, 0.15) is 12.1 Å². The normalized spacial score (nSPS) is 10.8. The first-order valence-electron chi connectivity index (χ1n) is 9.53. The molecule has 0 atom stereocenters. The minimum Gasteiger partial charge on any atom is -0.364 e. The highest BCUT2D eigenvalue weighted by Crippen LogP contribution is 2.20. The molecule has 11 heteroatoms. The van der Waals surface area contributed by atoms with Gasteiger partial charge in [0.05, 0.1) is 36.0 Å². The number of nitro benzene ring substituents is 1. The van der Waals surface area contributed by atoms with Crippen LogP contribution in [0.2, 0.25) is 0 Å². The van der Waals surface area contributed by atoms with Gasteiger partial charge in [-0.3, -0.25) is 14.9 Å². The third-order valence-corrected chi connectivity index (χ3v) is 5.48. The average Bonchev–Trinajstić information content (AvgIpc) is 3.43.